The van der Waals surface area contributed by atoms with Crippen molar-refractivity contribution in [1.82, 2.24) is 19.7 Å². The Morgan fingerprint density at radius 2 is 2.04 bits per heavy atom. The number of aromatic nitrogens is 4. The molecule has 0 radical (unpaired) electrons. The zero-order valence-corrected chi connectivity index (χ0v) is 16.2. The normalized spacial score (nSPS) is 15.4. The lowest BCUT2D eigenvalue weighted by molar-refractivity contribution is 0.336. The number of ether oxygens (including phenoxy) is 1. The molecular formula is C21H26N4O2. The lowest BCUT2D eigenvalue weighted by Crippen LogP contribution is -2.19. The second kappa shape index (κ2) is 7.18. The number of rotatable bonds is 4. The molecule has 1 aliphatic rings. The monoisotopic (exact) mass is 366 g/mol. The summed E-state index contributed by atoms with van der Waals surface area (Å²) in [6, 6.07) is 6.29. The molecule has 1 N–H and O–H groups in total. The molecule has 1 fully saturated rings. The Labute approximate surface area is 158 Å². The van der Waals surface area contributed by atoms with Crippen LogP contribution in [0.3, 0.4) is 0 Å². The predicted octanol–water partition coefficient (Wildman–Crippen LogP) is 4.17. The quantitative estimate of drug-likeness (QED) is 0.752. The minimum absolute atomic E-state index is 0.136. The smallest absolute Gasteiger partial charge is 0.277 e. The van der Waals surface area contributed by atoms with Crippen LogP contribution >= 0.6 is 0 Å². The van der Waals surface area contributed by atoms with Gasteiger partial charge >= 0.3 is 0 Å². The number of aryl methyl sites for hydroxylation is 2. The number of methoxy groups -OCH3 is 1. The molecule has 4 rings (SSSR count). The first kappa shape index (κ1) is 17.8. The number of aromatic amines is 1. The molecule has 6 heteroatoms. The van der Waals surface area contributed by atoms with Crippen LogP contribution in [0.15, 0.2) is 23.0 Å². The first-order chi connectivity index (χ1) is 13.1. The van der Waals surface area contributed by atoms with Gasteiger partial charge in [0, 0.05) is 0 Å². The van der Waals surface area contributed by atoms with E-state index >= 15 is 0 Å². The zero-order chi connectivity index (χ0) is 19.0. The number of nitrogens with one attached hydrogen (secondary N) is 1. The molecule has 0 unspecified atom stereocenters. The van der Waals surface area contributed by atoms with Gasteiger partial charge in [-0.3, -0.25) is 9.48 Å². The summed E-state index contributed by atoms with van der Waals surface area (Å²) in [5.74, 6) is 1.24. The van der Waals surface area contributed by atoms with E-state index in [1.807, 2.05) is 29.8 Å². The van der Waals surface area contributed by atoms with E-state index in [1.54, 1.807) is 7.11 Å². The van der Waals surface area contributed by atoms with Crippen LogP contribution < -0.4 is 10.3 Å². The van der Waals surface area contributed by atoms with Crippen molar-refractivity contribution in [2.24, 2.45) is 0 Å². The Morgan fingerprint density at radius 3 is 2.74 bits per heavy atom. The molecule has 6 nitrogen and oxygen atoms in total. The van der Waals surface area contributed by atoms with Gasteiger partial charge in [-0.2, -0.15) is 5.10 Å². The van der Waals surface area contributed by atoms with Crippen LogP contribution in [0.1, 0.15) is 56.3 Å². The maximum atomic E-state index is 13.0. The van der Waals surface area contributed by atoms with Crippen molar-refractivity contribution in [2.75, 3.05) is 7.11 Å². The van der Waals surface area contributed by atoms with Crippen molar-refractivity contribution in [3.63, 3.8) is 0 Å². The molecule has 0 amide bonds. The lowest BCUT2D eigenvalue weighted by atomic mass is 9.95. The Balaban J connectivity index is 1.86. The van der Waals surface area contributed by atoms with E-state index < -0.39 is 0 Å². The van der Waals surface area contributed by atoms with Crippen LogP contribution in [0.4, 0.5) is 0 Å². The van der Waals surface area contributed by atoms with E-state index in [2.05, 4.69) is 17.0 Å². The van der Waals surface area contributed by atoms with Gasteiger partial charge in [0.1, 0.15) is 17.1 Å². The molecule has 0 aliphatic heterocycles. The molecule has 142 valence electrons. The highest BCUT2D eigenvalue weighted by atomic mass is 16.5. The molecule has 2 heterocycles. The van der Waals surface area contributed by atoms with Crippen molar-refractivity contribution in [3.05, 3.63) is 39.8 Å². The number of fused-ring (bicyclic) bond motifs is 1. The summed E-state index contributed by atoms with van der Waals surface area (Å²) in [4.78, 5) is 20.7. The van der Waals surface area contributed by atoms with Gasteiger partial charge in [-0.05, 0) is 43.9 Å². The Morgan fingerprint density at radius 1 is 1.26 bits per heavy atom. The fourth-order valence-electron chi connectivity index (χ4n) is 4.06. The second-order valence-corrected chi connectivity index (χ2v) is 7.32. The van der Waals surface area contributed by atoms with Crippen LogP contribution in [0.2, 0.25) is 0 Å². The highest BCUT2D eigenvalue weighted by Crippen LogP contribution is 2.32. The Hall–Kier alpha value is -2.63. The molecular weight excluding hydrogens is 340 g/mol. The maximum absolute atomic E-state index is 13.0. The van der Waals surface area contributed by atoms with Gasteiger partial charge in [-0.25, -0.2) is 4.98 Å². The van der Waals surface area contributed by atoms with Gasteiger partial charge in [0.05, 0.1) is 24.4 Å². The third kappa shape index (κ3) is 3.13. The summed E-state index contributed by atoms with van der Waals surface area (Å²) < 4.78 is 7.46. The molecule has 1 aromatic carbocycles. The first-order valence-corrected chi connectivity index (χ1v) is 9.78. The van der Waals surface area contributed by atoms with Crippen molar-refractivity contribution in [3.8, 4) is 17.1 Å². The number of H-pyrrole nitrogens is 1. The van der Waals surface area contributed by atoms with Gasteiger partial charge in [0.25, 0.3) is 5.56 Å². The summed E-state index contributed by atoms with van der Waals surface area (Å²) in [5.41, 5.74) is 3.90. The third-order valence-corrected chi connectivity index (χ3v) is 5.57. The van der Waals surface area contributed by atoms with Gasteiger partial charge in [0.2, 0.25) is 0 Å². The minimum Gasteiger partial charge on any atom is -0.496 e. The average Bonchev–Trinajstić information content (AvgIpc) is 3.05. The highest BCUT2D eigenvalue weighted by Gasteiger charge is 2.23. The Kier molecular flexibility index (Phi) is 4.72. The number of benzene rings is 1. The SMILES string of the molecule is CCc1ccc(-c2nc3c(C)nn(C4CCCCC4)c3c(=O)[nH]2)c(OC)c1. The van der Waals surface area contributed by atoms with E-state index in [9.17, 15) is 4.79 Å². The Bertz CT molecular complexity index is 1030. The van der Waals surface area contributed by atoms with Gasteiger partial charge in [0.15, 0.2) is 5.52 Å². The van der Waals surface area contributed by atoms with E-state index in [4.69, 9.17) is 9.72 Å². The number of nitrogens with zero attached hydrogens (tertiary/aromatic N) is 3. The van der Waals surface area contributed by atoms with Crippen molar-refractivity contribution >= 4 is 11.0 Å². The van der Waals surface area contributed by atoms with E-state index in [-0.39, 0.29) is 5.56 Å². The van der Waals surface area contributed by atoms with Crippen LogP contribution in [0.5, 0.6) is 5.75 Å². The van der Waals surface area contributed by atoms with Crippen LogP contribution in [0, 0.1) is 6.92 Å². The maximum Gasteiger partial charge on any atom is 0.277 e. The molecule has 1 aliphatic carbocycles. The molecule has 0 saturated heterocycles. The summed E-state index contributed by atoms with van der Waals surface area (Å²) in [6.45, 7) is 4.03. The summed E-state index contributed by atoms with van der Waals surface area (Å²) in [6.07, 6.45) is 6.71. The number of hydrogen-bond acceptors (Lipinski definition) is 4. The van der Waals surface area contributed by atoms with E-state index in [1.165, 1.54) is 24.8 Å². The van der Waals surface area contributed by atoms with Gasteiger partial charge in [-0.1, -0.05) is 32.3 Å². The fourth-order valence-corrected chi connectivity index (χ4v) is 4.06. The fraction of sp³-hybridized carbons (Fsp3) is 0.476. The minimum atomic E-state index is -0.136. The van der Waals surface area contributed by atoms with Gasteiger partial charge < -0.3 is 9.72 Å². The van der Waals surface area contributed by atoms with Crippen molar-refractivity contribution < 1.29 is 4.74 Å². The molecule has 1 saturated carbocycles. The molecule has 3 aromatic rings. The average molecular weight is 366 g/mol. The first-order valence-electron chi connectivity index (χ1n) is 9.78. The lowest BCUT2D eigenvalue weighted by Gasteiger charge is -2.22. The summed E-state index contributed by atoms with van der Waals surface area (Å²) in [5, 5.41) is 4.68. The topological polar surface area (TPSA) is 72.8 Å². The van der Waals surface area contributed by atoms with E-state index in [0.717, 1.165) is 30.5 Å². The predicted molar refractivity (Wildman–Crippen MR) is 106 cm³/mol. The van der Waals surface area contributed by atoms with Crippen LogP contribution in [-0.2, 0) is 6.42 Å². The largest absolute Gasteiger partial charge is 0.496 e. The molecule has 0 spiro atoms. The molecule has 27 heavy (non-hydrogen) atoms. The third-order valence-electron chi connectivity index (χ3n) is 5.57. The summed E-state index contributed by atoms with van der Waals surface area (Å²) in [7, 11) is 1.64. The van der Waals surface area contributed by atoms with Crippen LogP contribution in [0.25, 0.3) is 22.4 Å². The zero-order valence-electron chi connectivity index (χ0n) is 16.2. The van der Waals surface area contributed by atoms with Crippen molar-refractivity contribution in [1.29, 1.82) is 0 Å². The van der Waals surface area contributed by atoms with Crippen LogP contribution in [-0.4, -0.2) is 26.9 Å². The molecule has 2 aromatic heterocycles. The standard InChI is InChI=1S/C21H26N4O2/c1-4-14-10-11-16(17(12-14)27-3)20-22-18-13(2)24-25(19(18)21(26)23-20)15-8-6-5-7-9-15/h10-12,15H,4-9H2,1-3H3,(H,22,23,26). The number of hydrogen-bond donors (Lipinski definition) is 1. The van der Waals surface area contributed by atoms with Gasteiger partial charge in [-0.15, -0.1) is 0 Å². The second-order valence-electron chi connectivity index (χ2n) is 7.32. The van der Waals surface area contributed by atoms with E-state index in [0.29, 0.717) is 28.6 Å². The summed E-state index contributed by atoms with van der Waals surface area (Å²) >= 11 is 0. The van der Waals surface area contributed by atoms with Crippen molar-refractivity contribution in [2.45, 2.75) is 58.4 Å². The molecule has 0 atom stereocenters. The highest BCUT2D eigenvalue weighted by molar-refractivity contribution is 5.79. The molecule has 0 bridgehead atoms.